The van der Waals surface area contributed by atoms with Crippen LogP contribution in [-0.4, -0.2) is 32.2 Å². The number of hydrogen-bond donors (Lipinski definition) is 0. The monoisotopic (exact) mass is 437 g/mol. The van der Waals surface area contributed by atoms with Gasteiger partial charge in [-0.2, -0.15) is 18.3 Å². The van der Waals surface area contributed by atoms with Gasteiger partial charge >= 0.3 is 6.18 Å². The molecule has 0 saturated carbocycles. The molecule has 0 atom stereocenters. The van der Waals surface area contributed by atoms with Crippen LogP contribution in [0.1, 0.15) is 27.2 Å². The van der Waals surface area contributed by atoms with Crippen molar-refractivity contribution in [2.75, 3.05) is 11.4 Å². The molecule has 0 radical (unpaired) electrons. The molecule has 2 aromatic heterocycles. The average molecular weight is 437 g/mol. The highest BCUT2D eigenvalue weighted by Crippen LogP contribution is 2.32. The van der Waals surface area contributed by atoms with Crippen molar-refractivity contribution < 1.29 is 18.0 Å². The summed E-state index contributed by atoms with van der Waals surface area (Å²) in [5.74, 6) is 0.315. The van der Waals surface area contributed by atoms with Gasteiger partial charge in [0.05, 0.1) is 23.8 Å². The van der Waals surface area contributed by atoms with E-state index in [1.165, 1.54) is 12.3 Å². The Morgan fingerprint density at radius 2 is 1.78 bits per heavy atom. The molecule has 0 fully saturated rings. The van der Waals surface area contributed by atoms with Crippen molar-refractivity contribution in [1.29, 1.82) is 0 Å². The molecule has 0 bridgehead atoms. The molecule has 1 amide bonds. The lowest BCUT2D eigenvalue weighted by Crippen LogP contribution is -2.41. The van der Waals surface area contributed by atoms with Crippen molar-refractivity contribution in [3.63, 3.8) is 0 Å². The van der Waals surface area contributed by atoms with E-state index in [0.29, 0.717) is 35.5 Å². The van der Waals surface area contributed by atoms with Crippen LogP contribution in [0.2, 0.25) is 0 Å². The predicted molar refractivity (Wildman–Crippen MR) is 113 cm³/mol. The van der Waals surface area contributed by atoms with Crippen molar-refractivity contribution in [3.05, 3.63) is 71.2 Å². The molecule has 9 heteroatoms. The lowest BCUT2D eigenvalue weighted by atomic mass is 10.1. The smallest absolute Gasteiger partial charge is 0.305 e. The van der Waals surface area contributed by atoms with Gasteiger partial charge in [0.25, 0.3) is 5.91 Å². The highest BCUT2D eigenvalue weighted by molar-refractivity contribution is 6.07. The third-order valence-electron chi connectivity index (χ3n) is 5.66. The fourth-order valence-electron chi connectivity index (χ4n) is 4.03. The molecule has 0 N–H and O–H groups in total. The van der Waals surface area contributed by atoms with Gasteiger partial charge in [0.1, 0.15) is 5.69 Å². The summed E-state index contributed by atoms with van der Waals surface area (Å²) in [7, 11) is 0. The van der Waals surface area contributed by atoms with Crippen LogP contribution < -0.4 is 4.90 Å². The fourth-order valence-corrected chi connectivity index (χ4v) is 4.03. The minimum atomic E-state index is -4.41. The summed E-state index contributed by atoms with van der Waals surface area (Å²) >= 11 is 0. The molecule has 0 spiro atoms. The molecule has 162 valence electrons. The molecule has 6 nitrogen and oxygen atoms in total. The summed E-state index contributed by atoms with van der Waals surface area (Å²) in [5.41, 5.74) is 3.52. The van der Waals surface area contributed by atoms with E-state index >= 15 is 0 Å². The molecule has 3 heterocycles. The van der Waals surface area contributed by atoms with Gasteiger partial charge in [-0.25, -0.2) is 9.97 Å². The van der Waals surface area contributed by atoms with Crippen molar-refractivity contribution in [2.45, 2.75) is 26.6 Å². The maximum atomic E-state index is 13.0. The summed E-state index contributed by atoms with van der Waals surface area (Å²) in [6.45, 7) is 4.90. The van der Waals surface area contributed by atoms with Gasteiger partial charge < -0.3 is 4.90 Å². The first-order valence-corrected chi connectivity index (χ1v) is 10.0. The summed E-state index contributed by atoms with van der Waals surface area (Å²) in [4.78, 5) is 23.4. The SMILES string of the molecule is Cc1cc(-c2ncc3cc(C(F)(F)F)ccc3n2)ccc1N1CCn2ncc(C)c2C1=O. The Bertz CT molecular complexity index is 1380. The number of alkyl halides is 3. The van der Waals surface area contributed by atoms with E-state index < -0.39 is 11.7 Å². The van der Waals surface area contributed by atoms with Crippen LogP contribution in [0.3, 0.4) is 0 Å². The summed E-state index contributed by atoms with van der Waals surface area (Å²) < 4.78 is 40.5. The number of halogens is 3. The van der Waals surface area contributed by atoms with E-state index in [2.05, 4.69) is 15.1 Å². The standard InChI is InChI=1S/C23H18F3N5O/c1-13-9-15(21-27-12-16-10-17(23(24,25)26)4-5-18(16)29-21)3-6-19(13)30-7-8-31-20(22(30)32)14(2)11-28-31/h3-6,9-12H,7-8H2,1-2H3. The molecular formula is C23H18F3N5O. The Balaban J connectivity index is 1.47. The number of aryl methyl sites for hydroxylation is 2. The number of aromatic nitrogens is 4. The van der Waals surface area contributed by atoms with Crippen molar-refractivity contribution in [2.24, 2.45) is 0 Å². The summed E-state index contributed by atoms with van der Waals surface area (Å²) in [6.07, 6.45) is -1.32. The zero-order chi connectivity index (χ0) is 22.6. The van der Waals surface area contributed by atoms with E-state index in [1.807, 2.05) is 32.0 Å². The van der Waals surface area contributed by atoms with Crippen LogP contribution in [0.15, 0.2) is 48.8 Å². The van der Waals surface area contributed by atoms with E-state index in [9.17, 15) is 18.0 Å². The minimum absolute atomic E-state index is 0.0930. The lowest BCUT2D eigenvalue weighted by molar-refractivity contribution is -0.137. The number of rotatable bonds is 2. The minimum Gasteiger partial charge on any atom is -0.305 e. The molecule has 2 aromatic carbocycles. The van der Waals surface area contributed by atoms with Crippen molar-refractivity contribution >= 4 is 22.5 Å². The number of amides is 1. The number of carbonyl (C=O) groups excluding carboxylic acids is 1. The Hall–Kier alpha value is -3.75. The summed E-state index contributed by atoms with van der Waals surface area (Å²) in [6, 6.07) is 8.96. The van der Waals surface area contributed by atoms with Crippen LogP contribution in [0.5, 0.6) is 0 Å². The zero-order valence-electron chi connectivity index (χ0n) is 17.3. The molecule has 5 rings (SSSR count). The van der Waals surface area contributed by atoms with Gasteiger partial charge in [0.2, 0.25) is 0 Å². The van der Waals surface area contributed by atoms with Gasteiger partial charge in [0, 0.05) is 34.9 Å². The van der Waals surface area contributed by atoms with Gasteiger partial charge in [-0.1, -0.05) is 0 Å². The quantitative estimate of drug-likeness (QED) is 0.452. The first kappa shape index (κ1) is 20.2. The molecule has 0 aliphatic carbocycles. The van der Waals surface area contributed by atoms with Crippen LogP contribution in [0, 0.1) is 13.8 Å². The van der Waals surface area contributed by atoms with E-state index in [0.717, 1.165) is 34.5 Å². The van der Waals surface area contributed by atoms with Gasteiger partial charge in [-0.05, 0) is 55.8 Å². The largest absolute Gasteiger partial charge is 0.416 e. The van der Waals surface area contributed by atoms with Gasteiger partial charge in [-0.3, -0.25) is 9.48 Å². The van der Waals surface area contributed by atoms with Crippen LogP contribution in [0.25, 0.3) is 22.3 Å². The Morgan fingerprint density at radius 1 is 0.969 bits per heavy atom. The van der Waals surface area contributed by atoms with E-state index in [4.69, 9.17) is 0 Å². The van der Waals surface area contributed by atoms with Crippen molar-refractivity contribution in [1.82, 2.24) is 19.7 Å². The molecule has 4 aromatic rings. The predicted octanol–water partition coefficient (Wildman–Crippen LogP) is 4.79. The van der Waals surface area contributed by atoms with E-state index in [-0.39, 0.29) is 5.91 Å². The molecule has 1 aliphatic rings. The topological polar surface area (TPSA) is 63.9 Å². The van der Waals surface area contributed by atoms with Gasteiger partial charge in [-0.15, -0.1) is 0 Å². The van der Waals surface area contributed by atoms with Crippen LogP contribution >= 0.6 is 0 Å². The highest BCUT2D eigenvalue weighted by atomic mass is 19.4. The summed E-state index contributed by atoms with van der Waals surface area (Å²) in [5, 5.41) is 4.57. The third-order valence-corrected chi connectivity index (χ3v) is 5.66. The number of nitrogens with zero attached hydrogens (tertiary/aromatic N) is 5. The highest BCUT2D eigenvalue weighted by Gasteiger charge is 2.31. The molecule has 0 saturated heterocycles. The van der Waals surface area contributed by atoms with Gasteiger partial charge in [0.15, 0.2) is 5.82 Å². The van der Waals surface area contributed by atoms with Crippen LogP contribution in [0.4, 0.5) is 18.9 Å². The first-order valence-electron chi connectivity index (χ1n) is 10.0. The maximum Gasteiger partial charge on any atom is 0.416 e. The zero-order valence-corrected chi connectivity index (χ0v) is 17.3. The van der Waals surface area contributed by atoms with Crippen LogP contribution in [-0.2, 0) is 12.7 Å². The second-order valence-electron chi connectivity index (χ2n) is 7.82. The molecule has 0 unspecified atom stereocenters. The Labute approximate surface area is 181 Å². The second kappa shape index (κ2) is 7.15. The molecule has 1 aliphatic heterocycles. The number of fused-ring (bicyclic) bond motifs is 2. The number of hydrogen-bond acceptors (Lipinski definition) is 4. The lowest BCUT2D eigenvalue weighted by Gasteiger charge is -2.29. The maximum absolute atomic E-state index is 13.0. The second-order valence-corrected chi connectivity index (χ2v) is 7.82. The fraction of sp³-hybridized carbons (Fsp3) is 0.217. The number of carbonyl (C=O) groups is 1. The Kier molecular flexibility index (Phi) is 4.51. The molecular weight excluding hydrogens is 419 g/mol. The molecule has 32 heavy (non-hydrogen) atoms. The Morgan fingerprint density at radius 3 is 2.53 bits per heavy atom. The normalized spacial score (nSPS) is 14.2. The first-order chi connectivity index (χ1) is 15.2. The number of benzene rings is 2. The number of anilines is 1. The van der Waals surface area contributed by atoms with E-state index in [1.54, 1.807) is 15.8 Å². The van der Waals surface area contributed by atoms with Crippen molar-refractivity contribution in [3.8, 4) is 11.4 Å². The average Bonchev–Trinajstić information content (AvgIpc) is 3.14. The third kappa shape index (κ3) is 3.30.